The molecule has 21 heavy (non-hydrogen) atoms. The van der Waals surface area contributed by atoms with Crippen molar-refractivity contribution < 1.29 is 14.3 Å². The minimum atomic E-state index is -0.145. The molecule has 118 valence electrons. The average Bonchev–Trinajstić information content (AvgIpc) is 3.36. The molecule has 1 heterocycles. The number of hydrogen-bond donors (Lipinski definition) is 1. The zero-order chi connectivity index (χ0) is 15.0. The second-order valence-corrected chi connectivity index (χ2v) is 7.14. The van der Waals surface area contributed by atoms with Gasteiger partial charge in [-0.05, 0) is 49.4 Å². The van der Waals surface area contributed by atoms with Gasteiger partial charge in [-0.15, -0.1) is 0 Å². The molecule has 0 spiro atoms. The quantitative estimate of drug-likeness (QED) is 0.807. The van der Waals surface area contributed by atoms with Gasteiger partial charge >= 0.3 is 12.0 Å². The fourth-order valence-electron chi connectivity index (χ4n) is 3.78. The number of carbonyl (C=O) groups excluding carboxylic acids is 2. The number of likely N-dealkylation sites (tertiary alicyclic amines) is 1. The van der Waals surface area contributed by atoms with Gasteiger partial charge in [0, 0.05) is 19.6 Å². The summed E-state index contributed by atoms with van der Waals surface area (Å²) in [4.78, 5) is 25.8. The van der Waals surface area contributed by atoms with Crippen LogP contribution in [-0.4, -0.2) is 43.6 Å². The molecule has 1 saturated heterocycles. The van der Waals surface area contributed by atoms with Crippen LogP contribution >= 0.6 is 0 Å². The zero-order valence-corrected chi connectivity index (χ0v) is 13.1. The molecule has 3 rings (SSSR count). The number of nitrogens with zero attached hydrogens (tertiary/aromatic N) is 1. The van der Waals surface area contributed by atoms with Crippen molar-refractivity contribution in [3.63, 3.8) is 0 Å². The molecule has 3 fully saturated rings. The van der Waals surface area contributed by atoms with E-state index in [0.29, 0.717) is 24.9 Å². The van der Waals surface area contributed by atoms with Crippen molar-refractivity contribution in [1.82, 2.24) is 10.2 Å². The van der Waals surface area contributed by atoms with Crippen LogP contribution in [0.25, 0.3) is 0 Å². The number of nitrogens with one attached hydrogen (secondary N) is 1. The topological polar surface area (TPSA) is 58.6 Å². The van der Waals surface area contributed by atoms with Crippen LogP contribution in [0.1, 0.15) is 39.0 Å². The molecule has 1 aliphatic heterocycles. The van der Waals surface area contributed by atoms with Crippen LogP contribution in [0.2, 0.25) is 0 Å². The van der Waals surface area contributed by atoms with Crippen molar-refractivity contribution in [2.24, 2.45) is 23.2 Å². The fourth-order valence-corrected chi connectivity index (χ4v) is 3.78. The van der Waals surface area contributed by atoms with E-state index in [1.807, 2.05) is 11.8 Å². The normalized spacial score (nSPS) is 30.7. The van der Waals surface area contributed by atoms with Crippen molar-refractivity contribution in [1.29, 1.82) is 0 Å². The maximum Gasteiger partial charge on any atom is 0.317 e. The van der Waals surface area contributed by atoms with Gasteiger partial charge in [0.1, 0.15) is 0 Å². The third-order valence-corrected chi connectivity index (χ3v) is 5.62. The van der Waals surface area contributed by atoms with E-state index in [2.05, 4.69) is 5.32 Å². The first kappa shape index (κ1) is 14.7. The summed E-state index contributed by atoms with van der Waals surface area (Å²) >= 11 is 0. The number of ether oxygens (including phenoxy) is 1. The van der Waals surface area contributed by atoms with E-state index in [1.54, 1.807) is 0 Å². The summed E-state index contributed by atoms with van der Waals surface area (Å²) in [6.45, 7) is 4.14. The maximum atomic E-state index is 12.3. The van der Waals surface area contributed by atoms with Gasteiger partial charge in [-0.2, -0.15) is 0 Å². The van der Waals surface area contributed by atoms with Gasteiger partial charge in [0.25, 0.3) is 0 Å². The van der Waals surface area contributed by atoms with Crippen molar-refractivity contribution in [2.75, 3.05) is 26.7 Å². The van der Waals surface area contributed by atoms with E-state index in [9.17, 15) is 9.59 Å². The van der Waals surface area contributed by atoms with Crippen LogP contribution in [0.15, 0.2) is 0 Å². The highest BCUT2D eigenvalue weighted by atomic mass is 16.5. The molecule has 3 aliphatic rings. The number of hydrogen-bond acceptors (Lipinski definition) is 3. The van der Waals surface area contributed by atoms with Crippen molar-refractivity contribution in [3.05, 3.63) is 0 Å². The van der Waals surface area contributed by atoms with E-state index in [-0.39, 0.29) is 23.8 Å². The number of rotatable bonds is 4. The minimum Gasteiger partial charge on any atom is -0.469 e. The third-order valence-electron chi connectivity index (χ3n) is 5.62. The Hall–Kier alpha value is -1.26. The first-order valence-corrected chi connectivity index (χ1v) is 8.16. The zero-order valence-electron chi connectivity index (χ0n) is 13.1. The Morgan fingerprint density at radius 2 is 2.00 bits per heavy atom. The summed E-state index contributed by atoms with van der Waals surface area (Å²) in [5, 5.41) is 3.13. The van der Waals surface area contributed by atoms with Gasteiger partial charge in [-0.1, -0.05) is 6.92 Å². The third kappa shape index (κ3) is 3.01. The van der Waals surface area contributed by atoms with Gasteiger partial charge in [0.05, 0.1) is 13.0 Å². The lowest BCUT2D eigenvalue weighted by molar-refractivity contribution is -0.148. The molecule has 1 N–H and O–H groups in total. The number of carbonyl (C=O) groups is 2. The van der Waals surface area contributed by atoms with E-state index >= 15 is 0 Å². The Bertz CT molecular complexity index is 429. The molecule has 0 bridgehead atoms. The molecule has 0 aromatic carbocycles. The standard InChI is InChI=1S/C16H26N2O3/c1-11-9-18(8-5-13(11)14(19)21-2)15(20)17-10-16(6-7-16)12-3-4-12/h11-13H,3-10H2,1-2H3,(H,17,20)/t11-,13+/m0/s1. The Morgan fingerprint density at radius 1 is 1.29 bits per heavy atom. The number of urea groups is 1. The summed E-state index contributed by atoms with van der Waals surface area (Å²) in [6.07, 6.45) is 5.95. The summed E-state index contributed by atoms with van der Waals surface area (Å²) in [6, 6.07) is 0.0390. The first-order valence-electron chi connectivity index (χ1n) is 8.16. The fraction of sp³-hybridized carbons (Fsp3) is 0.875. The van der Waals surface area contributed by atoms with Crippen LogP contribution < -0.4 is 5.32 Å². The number of esters is 1. The van der Waals surface area contributed by atoms with Crippen LogP contribution in [0.3, 0.4) is 0 Å². The molecular weight excluding hydrogens is 268 g/mol. The highest BCUT2D eigenvalue weighted by Crippen LogP contribution is 2.60. The lowest BCUT2D eigenvalue weighted by Crippen LogP contribution is -2.50. The maximum absolute atomic E-state index is 12.3. The molecule has 2 amide bonds. The number of amides is 2. The van der Waals surface area contributed by atoms with Gasteiger partial charge in [-0.3, -0.25) is 4.79 Å². The Balaban J connectivity index is 1.47. The molecule has 0 aromatic heterocycles. The van der Waals surface area contributed by atoms with Gasteiger partial charge in [0.15, 0.2) is 0 Å². The van der Waals surface area contributed by atoms with E-state index in [0.717, 1.165) is 12.5 Å². The molecule has 0 aromatic rings. The lowest BCUT2D eigenvalue weighted by atomic mass is 9.87. The van der Waals surface area contributed by atoms with Gasteiger partial charge < -0.3 is 15.0 Å². The molecule has 2 atom stereocenters. The Morgan fingerprint density at radius 3 is 2.52 bits per heavy atom. The van der Waals surface area contributed by atoms with Crippen molar-refractivity contribution >= 4 is 12.0 Å². The van der Waals surface area contributed by atoms with Crippen LogP contribution in [0.5, 0.6) is 0 Å². The van der Waals surface area contributed by atoms with Crippen LogP contribution in [0.4, 0.5) is 4.79 Å². The first-order chi connectivity index (χ1) is 10.1. The molecule has 2 saturated carbocycles. The molecular formula is C16H26N2O3. The molecule has 5 heteroatoms. The molecule has 2 aliphatic carbocycles. The summed E-state index contributed by atoms with van der Waals surface area (Å²) in [7, 11) is 1.43. The minimum absolute atomic E-state index is 0.0390. The molecule has 5 nitrogen and oxygen atoms in total. The Labute approximate surface area is 126 Å². The van der Waals surface area contributed by atoms with E-state index < -0.39 is 0 Å². The highest BCUT2D eigenvalue weighted by molar-refractivity contribution is 5.76. The Kier molecular flexibility index (Phi) is 3.84. The van der Waals surface area contributed by atoms with Crippen LogP contribution in [-0.2, 0) is 9.53 Å². The summed E-state index contributed by atoms with van der Waals surface area (Å²) < 4.78 is 4.83. The van der Waals surface area contributed by atoms with Crippen molar-refractivity contribution in [2.45, 2.75) is 39.0 Å². The predicted molar refractivity (Wildman–Crippen MR) is 78.6 cm³/mol. The van der Waals surface area contributed by atoms with E-state index in [1.165, 1.54) is 32.8 Å². The van der Waals surface area contributed by atoms with Gasteiger partial charge in [0.2, 0.25) is 0 Å². The van der Waals surface area contributed by atoms with Crippen molar-refractivity contribution in [3.8, 4) is 0 Å². The second-order valence-electron chi connectivity index (χ2n) is 7.14. The summed E-state index contributed by atoms with van der Waals surface area (Å²) in [5.41, 5.74) is 0.436. The highest BCUT2D eigenvalue weighted by Gasteiger charge is 2.53. The van der Waals surface area contributed by atoms with Crippen LogP contribution in [0, 0.1) is 23.2 Å². The summed E-state index contributed by atoms with van der Waals surface area (Å²) in [5.74, 6) is 0.811. The second kappa shape index (κ2) is 5.50. The molecule has 0 radical (unpaired) electrons. The smallest absolute Gasteiger partial charge is 0.317 e. The monoisotopic (exact) mass is 294 g/mol. The number of piperidine rings is 1. The average molecular weight is 294 g/mol. The molecule has 0 unspecified atom stereocenters. The predicted octanol–water partition coefficient (Wildman–Crippen LogP) is 2.02. The van der Waals surface area contributed by atoms with Gasteiger partial charge in [-0.25, -0.2) is 4.79 Å². The lowest BCUT2D eigenvalue weighted by Gasteiger charge is -2.35. The largest absolute Gasteiger partial charge is 0.469 e. The SMILES string of the molecule is COC(=O)[C@@H]1CCN(C(=O)NCC2(C3CC3)CC2)C[C@@H]1C. The number of methoxy groups -OCH3 is 1. The van der Waals surface area contributed by atoms with E-state index in [4.69, 9.17) is 4.74 Å².